The molecule has 0 bridgehead atoms. The average Bonchev–Trinajstić information content (AvgIpc) is 2.75. The number of amides is 1. The number of fused-ring (bicyclic) bond motifs is 1. The van der Waals surface area contributed by atoms with Gasteiger partial charge in [0.25, 0.3) is 5.91 Å². The molecule has 0 spiro atoms. The fourth-order valence-electron chi connectivity index (χ4n) is 1.60. The molecule has 0 radical (unpaired) electrons. The lowest BCUT2D eigenvalue weighted by Crippen LogP contribution is -2.31. The zero-order chi connectivity index (χ0) is 12.3. The summed E-state index contributed by atoms with van der Waals surface area (Å²) < 4.78 is 5.23. The third kappa shape index (κ3) is 2.85. The van der Waals surface area contributed by atoms with Crippen molar-refractivity contribution in [1.29, 1.82) is 0 Å². The molecule has 17 heavy (non-hydrogen) atoms. The Kier molecular flexibility index (Phi) is 3.44. The van der Waals surface area contributed by atoms with E-state index in [9.17, 15) is 4.79 Å². The van der Waals surface area contributed by atoms with Crippen molar-refractivity contribution in [1.82, 2.24) is 10.2 Å². The van der Waals surface area contributed by atoms with E-state index in [1.54, 1.807) is 12.3 Å². The number of carbonyl (C=O) groups is 1. The Bertz CT molecular complexity index is 517. The molecule has 1 aromatic carbocycles. The maximum atomic E-state index is 11.8. The van der Waals surface area contributed by atoms with Gasteiger partial charge in [0.15, 0.2) is 0 Å². The Labute approximate surface area is 100 Å². The first kappa shape index (κ1) is 11.7. The van der Waals surface area contributed by atoms with Crippen LogP contribution in [0.2, 0.25) is 0 Å². The number of nitrogens with one attached hydrogen (secondary N) is 1. The molecule has 1 aromatic heterocycles. The SMILES string of the molecule is CN(C)CCNC(=O)c1ccc2occc2c1. The lowest BCUT2D eigenvalue weighted by atomic mass is 10.1. The number of carbonyl (C=O) groups excluding carboxylic acids is 1. The number of benzene rings is 1. The van der Waals surface area contributed by atoms with Crippen molar-refractivity contribution in [3.05, 3.63) is 36.1 Å². The van der Waals surface area contributed by atoms with E-state index >= 15 is 0 Å². The van der Waals surface area contributed by atoms with Crippen LogP contribution in [0, 0.1) is 0 Å². The van der Waals surface area contributed by atoms with Crippen LogP contribution < -0.4 is 5.32 Å². The van der Waals surface area contributed by atoms with Crippen LogP contribution in [0.15, 0.2) is 34.9 Å². The van der Waals surface area contributed by atoms with Gasteiger partial charge in [-0.25, -0.2) is 0 Å². The molecule has 1 N–H and O–H groups in total. The number of rotatable bonds is 4. The van der Waals surface area contributed by atoms with Gasteiger partial charge in [0.05, 0.1) is 6.26 Å². The number of hydrogen-bond acceptors (Lipinski definition) is 3. The predicted molar refractivity (Wildman–Crippen MR) is 67.1 cm³/mol. The zero-order valence-electron chi connectivity index (χ0n) is 10.1. The fraction of sp³-hybridized carbons (Fsp3) is 0.308. The van der Waals surface area contributed by atoms with Crippen molar-refractivity contribution in [2.75, 3.05) is 27.2 Å². The van der Waals surface area contributed by atoms with E-state index < -0.39 is 0 Å². The molecule has 4 nitrogen and oxygen atoms in total. The lowest BCUT2D eigenvalue weighted by molar-refractivity contribution is 0.0951. The van der Waals surface area contributed by atoms with Gasteiger partial charge >= 0.3 is 0 Å². The molecule has 0 unspecified atom stereocenters. The summed E-state index contributed by atoms with van der Waals surface area (Å²) in [5.41, 5.74) is 1.47. The number of likely N-dealkylation sites (N-methyl/N-ethyl adjacent to an activating group) is 1. The first-order chi connectivity index (χ1) is 8.16. The fourth-order valence-corrected chi connectivity index (χ4v) is 1.60. The minimum atomic E-state index is -0.0463. The average molecular weight is 232 g/mol. The Morgan fingerprint density at radius 3 is 2.94 bits per heavy atom. The van der Waals surface area contributed by atoms with Crippen molar-refractivity contribution < 1.29 is 9.21 Å². The molecular formula is C13H16N2O2. The highest BCUT2D eigenvalue weighted by atomic mass is 16.3. The molecule has 0 aliphatic rings. The smallest absolute Gasteiger partial charge is 0.251 e. The second-order valence-corrected chi connectivity index (χ2v) is 4.23. The Balaban J connectivity index is 2.03. The topological polar surface area (TPSA) is 45.5 Å². The zero-order valence-corrected chi connectivity index (χ0v) is 10.1. The van der Waals surface area contributed by atoms with Crippen molar-refractivity contribution in [2.45, 2.75) is 0 Å². The summed E-state index contributed by atoms with van der Waals surface area (Å²) in [6.45, 7) is 1.48. The third-order valence-electron chi connectivity index (χ3n) is 2.56. The minimum Gasteiger partial charge on any atom is -0.464 e. The van der Waals surface area contributed by atoms with Gasteiger partial charge in [0.2, 0.25) is 0 Å². The van der Waals surface area contributed by atoms with Gasteiger partial charge in [-0.05, 0) is 38.4 Å². The maximum absolute atomic E-state index is 11.8. The van der Waals surface area contributed by atoms with Gasteiger partial charge in [0.1, 0.15) is 5.58 Å². The van der Waals surface area contributed by atoms with Gasteiger partial charge in [-0.3, -0.25) is 4.79 Å². The van der Waals surface area contributed by atoms with Crippen LogP contribution in [0.3, 0.4) is 0 Å². The van der Waals surface area contributed by atoms with Crippen molar-refractivity contribution in [3.8, 4) is 0 Å². The van der Waals surface area contributed by atoms with Crippen molar-refractivity contribution >= 4 is 16.9 Å². The summed E-state index contributed by atoms with van der Waals surface area (Å²) >= 11 is 0. The molecular weight excluding hydrogens is 216 g/mol. The first-order valence-corrected chi connectivity index (χ1v) is 5.57. The highest BCUT2D eigenvalue weighted by molar-refractivity contribution is 5.97. The summed E-state index contributed by atoms with van der Waals surface area (Å²) in [7, 11) is 3.95. The van der Waals surface area contributed by atoms with Crippen LogP contribution in [-0.4, -0.2) is 38.0 Å². The summed E-state index contributed by atoms with van der Waals surface area (Å²) in [6.07, 6.45) is 1.62. The highest BCUT2D eigenvalue weighted by Gasteiger charge is 2.06. The molecule has 4 heteroatoms. The Morgan fingerprint density at radius 1 is 1.35 bits per heavy atom. The lowest BCUT2D eigenvalue weighted by Gasteiger charge is -2.10. The predicted octanol–water partition coefficient (Wildman–Crippen LogP) is 1.72. The van der Waals surface area contributed by atoms with E-state index in [0.717, 1.165) is 17.5 Å². The molecule has 0 saturated heterocycles. The minimum absolute atomic E-state index is 0.0463. The second kappa shape index (κ2) is 5.01. The van der Waals surface area contributed by atoms with Crippen molar-refractivity contribution in [3.63, 3.8) is 0 Å². The third-order valence-corrected chi connectivity index (χ3v) is 2.56. The van der Waals surface area contributed by atoms with E-state index in [-0.39, 0.29) is 5.91 Å². The van der Waals surface area contributed by atoms with Crippen LogP contribution in [0.1, 0.15) is 10.4 Å². The molecule has 2 rings (SSSR count). The first-order valence-electron chi connectivity index (χ1n) is 5.57. The van der Waals surface area contributed by atoms with Crippen molar-refractivity contribution in [2.24, 2.45) is 0 Å². The van der Waals surface area contributed by atoms with E-state index in [4.69, 9.17) is 4.42 Å². The number of nitrogens with zero attached hydrogens (tertiary/aromatic N) is 1. The second-order valence-electron chi connectivity index (χ2n) is 4.23. The Hall–Kier alpha value is -1.81. The van der Waals surface area contributed by atoms with Gasteiger partial charge < -0.3 is 14.6 Å². The molecule has 0 aliphatic carbocycles. The molecule has 1 heterocycles. The molecule has 90 valence electrons. The quantitative estimate of drug-likeness (QED) is 0.873. The standard InChI is InChI=1S/C13H16N2O2/c1-15(2)7-6-14-13(16)11-3-4-12-10(9-11)5-8-17-12/h3-5,8-9H,6-7H2,1-2H3,(H,14,16). The normalized spacial score (nSPS) is 11.0. The molecule has 1 amide bonds. The van der Waals surface area contributed by atoms with Crippen LogP contribution in [-0.2, 0) is 0 Å². The summed E-state index contributed by atoms with van der Waals surface area (Å²) in [5.74, 6) is -0.0463. The van der Waals surface area contributed by atoms with Gasteiger partial charge in [-0.15, -0.1) is 0 Å². The molecule has 0 fully saturated rings. The van der Waals surface area contributed by atoms with Crippen LogP contribution >= 0.6 is 0 Å². The summed E-state index contributed by atoms with van der Waals surface area (Å²) in [6, 6.07) is 7.28. The van der Waals surface area contributed by atoms with E-state index in [0.29, 0.717) is 12.1 Å². The summed E-state index contributed by atoms with van der Waals surface area (Å²) in [4.78, 5) is 13.9. The van der Waals surface area contributed by atoms with Gasteiger partial charge in [0, 0.05) is 24.0 Å². The Morgan fingerprint density at radius 2 is 2.18 bits per heavy atom. The van der Waals surface area contributed by atoms with Gasteiger partial charge in [-0.2, -0.15) is 0 Å². The molecule has 2 aromatic rings. The van der Waals surface area contributed by atoms with E-state index in [1.165, 1.54) is 0 Å². The highest BCUT2D eigenvalue weighted by Crippen LogP contribution is 2.16. The van der Waals surface area contributed by atoms with Crippen LogP contribution in [0.4, 0.5) is 0 Å². The molecule has 0 atom stereocenters. The molecule has 0 aliphatic heterocycles. The monoisotopic (exact) mass is 232 g/mol. The van der Waals surface area contributed by atoms with Gasteiger partial charge in [-0.1, -0.05) is 0 Å². The maximum Gasteiger partial charge on any atom is 0.251 e. The largest absolute Gasteiger partial charge is 0.464 e. The molecule has 0 saturated carbocycles. The number of furan rings is 1. The van der Waals surface area contributed by atoms with E-state index in [1.807, 2.05) is 37.2 Å². The summed E-state index contributed by atoms with van der Waals surface area (Å²) in [5, 5.41) is 3.83. The van der Waals surface area contributed by atoms with Crippen LogP contribution in [0.5, 0.6) is 0 Å². The van der Waals surface area contributed by atoms with Crippen LogP contribution in [0.25, 0.3) is 11.0 Å². The number of hydrogen-bond donors (Lipinski definition) is 1. The van der Waals surface area contributed by atoms with E-state index in [2.05, 4.69) is 5.32 Å².